The Morgan fingerprint density at radius 3 is 1.05 bits per heavy atom. The minimum absolute atomic E-state index is 0.0919. The summed E-state index contributed by atoms with van der Waals surface area (Å²) in [7, 11) is 6.66. The van der Waals surface area contributed by atoms with Crippen LogP contribution in [0.5, 0.6) is 23.0 Å². The molecule has 2 aliphatic rings. The first-order chi connectivity index (χ1) is 32.4. The van der Waals surface area contributed by atoms with E-state index in [1.165, 1.54) is 57.6 Å². The molecule has 0 fully saturated rings. The first kappa shape index (κ1) is 43.5. The topological polar surface area (TPSA) is 36.9 Å². The fourth-order valence-electron chi connectivity index (χ4n) is 9.45. The summed E-state index contributed by atoms with van der Waals surface area (Å²) >= 11 is 0. The second kappa shape index (κ2) is 19.6. The summed E-state index contributed by atoms with van der Waals surface area (Å²) in [5.74, 6) is 2.57. The Labute approximate surface area is 386 Å². The van der Waals surface area contributed by atoms with Crippen molar-refractivity contribution in [3.8, 4) is 67.5 Å². The molecular weight excluding hydrogens is 823 g/mol. The van der Waals surface area contributed by atoms with E-state index < -0.39 is 0 Å². The van der Waals surface area contributed by atoms with Crippen LogP contribution in [0.15, 0.2) is 182 Å². The lowest BCUT2D eigenvalue weighted by Gasteiger charge is -2.28. The number of hydrogen-bond donors (Lipinski definition) is 0. The van der Waals surface area contributed by atoms with Crippen molar-refractivity contribution in [3.05, 3.63) is 227 Å². The summed E-state index contributed by atoms with van der Waals surface area (Å²) in [6, 6.07) is 55.7. The summed E-state index contributed by atoms with van der Waals surface area (Å²) in [5, 5.41) is 0. The molecule has 0 unspecified atom stereocenters. The summed E-state index contributed by atoms with van der Waals surface area (Å²) in [5.41, 5.74) is 15.7. The van der Waals surface area contributed by atoms with Crippen molar-refractivity contribution in [2.24, 2.45) is 0 Å². The first-order valence-electron chi connectivity index (χ1n) is 22.1. The normalized spacial score (nSPS) is 14.6. The third-order valence-corrected chi connectivity index (χ3v) is 12.7. The van der Waals surface area contributed by atoms with E-state index in [9.17, 15) is 8.78 Å². The van der Waals surface area contributed by atoms with E-state index in [1.54, 1.807) is 28.4 Å². The Balaban J connectivity index is 0.000000166. The Morgan fingerprint density at radius 2 is 0.712 bits per heavy atom. The zero-order valence-corrected chi connectivity index (χ0v) is 37.4. The van der Waals surface area contributed by atoms with Gasteiger partial charge in [0.1, 0.15) is 11.6 Å². The minimum atomic E-state index is -0.227. The average Bonchev–Trinajstić information content (AvgIpc) is 3.38. The molecule has 66 heavy (non-hydrogen) atoms. The van der Waals surface area contributed by atoms with Gasteiger partial charge in [-0.15, -0.1) is 0 Å². The molecule has 328 valence electrons. The fourth-order valence-corrected chi connectivity index (χ4v) is 9.45. The number of fused-ring (bicyclic) bond motifs is 2. The molecule has 0 bridgehead atoms. The van der Waals surface area contributed by atoms with E-state index in [4.69, 9.17) is 18.9 Å². The average molecular weight is 873 g/mol. The van der Waals surface area contributed by atoms with E-state index >= 15 is 0 Å². The molecule has 2 atom stereocenters. The van der Waals surface area contributed by atoms with Gasteiger partial charge in [-0.25, -0.2) is 8.78 Å². The van der Waals surface area contributed by atoms with Crippen LogP contribution in [0.25, 0.3) is 56.7 Å². The molecule has 0 N–H and O–H groups in total. The van der Waals surface area contributed by atoms with E-state index in [2.05, 4.69) is 109 Å². The van der Waals surface area contributed by atoms with Crippen LogP contribution < -0.4 is 18.9 Å². The van der Waals surface area contributed by atoms with Crippen molar-refractivity contribution in [1.82, 2.24) is 0 Å². The molecule has 0 heterocycles. The maximum absolute atomic E-state index is 13.6. The molecule has 0 radical (unpaired) electrons. The number of allylic oxidation sites excluding steroid dienone is 2. The standard InChI is InChI=1S/2C30H25FO2/c2*1-32-28-19-27(23-13-11-21(12-14-23)20-7-4-3-5-8-20)29-25(22-15-17-24(31)18-16-22)9-6-10-26(29)30(28)33-2/h2*3-8,10-19,25H,9H2,1-2H3/t2*25-/m10/s1. The number of ether oxygens (including phenoxy) is 4. The quantitative estimate of drug-likeness (QED) is 0.137. The van der Waals surface area contributed by atoms with Crippen LogP contribution in [0.2, 0.25) is 0 Å². The van der Waals surface area contributed by atoms with Gasteiger partial charge in [0.25, 0.3) is 0 Å². The third-order valence-electron chi connectivity index (χ3n) is 12.7. The smallest absolute Gasteiger partial charge is 0.168 e. The highest BCUT2D eigenvalue weighted by Gasteiger charge is 2.30. The van der Waals surface area contributed by atoms with Gasteiger partial charge in [-0.05, 0) is 116 Å². The third kappa shape index (κ3) is 8.75. The van der Waals surface area contributed by atoms with Crippen LogP contribution in [-0.2, 0) is 0 Å². The summed E-state index contributed by atoms with van der Waals surface area (Å²) in [4.78, 5) is 0. The molecule has 0 saturated carbocycles. The van der Waals surface area contributed by atoms with Crippen molar-refractivity contribution >= 4 is 12.2 Å². The van der Waals surface area contributed by atoms with E-state index in [0.29, 0.717) is 11.5 Å². The van der Waals surface area contributed by atoms with Gasteiger partial charge >= 0.3 is 0 Å². The molecule has 8 aromatic rings. The maximum atomic E-state index is 13.6. The number of halogens is 2. The lowest BCUT2D eigenvalue weighted by molar-refractivity contribution is 0.353. The van der Waals surface area contributed by atoms with Crippen LogP contribution in [0.3, 0.4) is 0 Å². The van der Waals surface area contributed by atoms with Gasteiger partial charge < -0.3 is 18.9 Å². The molecule has 8 aromatic carbocycles. The Bertz CT molecular complexity index is 2790. The van der Waals surface area contributed by atoms with Crippen molar-refractivity contribution < 1.29 is 27.7 Å². The van der Waals surface area contributed by atoms with Crippen LogP contribution in [-0.4, -0.2) is 28.4 Å². The summed E-state index contributed by atoms with van der Waals surface area (Å²) in [6.45, 7) is 0. The van der Waals surface area contributed by atoms with Gasteiger partial charge in [0.2, 0.25) is 0 Å². The predicted molar refractivity (Wildman–Crippen MR) is 265 cm³/mol. The molecule has 0 aliphatic heterocycles. The Kier molecular flexibility index (Phi) is 12.9. The maximum Gasteiger partial charge on any atom is 0.168 e. The highest BCUT2D eigenvalue weighted by molar-refractivity contribution is 5.84. The molecule has 2 aliphatic carbocycles. The number of benzene rings is 8. The molecule has 0 amide bonds. The Morgan fingerprint density at radius 1 is 0.379 bits per heavy atom. The van der Waals surface area contributed by atoms with Crippen molar-refractivity contribution in [3.63, 3.8) is 0 Å². The van der Waals surface area contributed by atoms with Crippen molar-refractivity contribution in [2.75, 3.05) is 28.4 Å². The second-order valence-electron chi connectivity index (χ2n) is 16.3. The highest BCUT2D eigenvalue weighted by Crippen LogP contribution is 2.50. The highest BCUT2D eigenvalue weighted by atomic mass is 19.1. The Hall–Kier alpha value is -7.70. The molecule has 0 saturated heterocycles. The van der Waals surface area contributed by atoms with Gasteiger partial charge in [-0.2, -0.15) is 0 Å². The van der Waals surface area contributed by atoms with Gasteiger partial charge in [0, 0.05) is 23.0 Å². The first-order valence-corrected chi connectivity index (χ1v) is 22.1. The van der Waals surface area contributed by atoms with Crippen molar-refractivity contribution in [1.29, 1.82) is 0 Å². The van der Waals surface area contributed by atoms with E-state index in [-0.39, 0.29) is 23.5 Å². The molecule has 4 nitrogen and oxygen atoms in total. The molecule has 10 rings (SSSR count). The zero-order valence-electron chi connectivity index (χ0n) is 37.4. The van der Waals surface area contributed by atoms with Crippen LogP contribution in [0.1, 0.15) is 58.1 Å². The van der Waals surface area contributed by atoms with Gasteiger partial charge in [0.05, 0.1) is 28.4 Å². The van der Waals surface area contributed by atoms with E-state index in [0.717, 1.165) is 68.8 Å². The molecular formula is C60H50F2O4. The second-order valence-corrected chi connectivity index (χ2v) is 16.3. The van der Waals surface area contributed by atoms with Crippen LogP contribution >= 0.6 is 0 Å². The number of hydrogen-bond acceptors (Lipinski definition) is 4. The van der Waals surface area contributed by atoms with Gasteiger partial charge in [-0.3, -0.25) is 0 Å². The lowest BCUT2D eigenvalue weighted by Crippen LogP contribution is -2.10. The van der Waals surface area contributed by atoms with Crippen molar-refractivity contribution in [2.45, 2.75) is 24.7 Å². The lowest BCUT2D eigenvalue weighted by atomic mass is 9.77. The van der Waals surface area contributed by atoms with Crippen LogP contribution in [0.4, 0.5) is 8.78 Å². The number of rotatable bonds is 10. The molecule has 6 heteroatoms. The SMILES string of the molecule is COc1cc(-c2ccc(-c3ccccc3)cc2)c2c(c1OC)C=CC[C@@H]2c1ccc(F)cc1.COc1cc(-c2ccc(-c3ccccc3)cc2)c2c(c1OC)C=CC[C@H]2c1ccc(F)cc1. The predicted octanol–water partition coefficient (Wildman–Crippen LogP) is 15.5. The summed E-state index contributed by atoms with van der Waals surface area (Å²) in [6.07, 6.45) is 10.2. The van der Waals surface area contributed by atoms with E-state index in [1.807, 2.05) is 60.7 Å². The van der Waals surface area contributed by atoms with Gasteiger partial charge in [0.15, 0.2) is 23.0 Å². The van der Waals surface area contributed by atoms with Crippen LogP contribution in [0, 0.1) is 11.6 Å². The largest absolute Gasteiger partial charge is 0.493 e. The number of methoxy groups -OCH3 is 4. The van der Waals surface area contributed by atoms with Gasteiger partial charge in [-0.1, -0.05) is 158 Å². The molecule has 0 aromatic heterocycles. The zero-order chi connectivity index (χ0) is 45.6. The fraction of sp³-hybridized carbons (Fsp3) is 0.133. The minimum Gasteiger partial charge on any atom is -0.493 e. The summed E-state index contributed by atoms with van der Waals surface area (Å²) < 4.78 is 50.2. The molecule has 0 spiro atoms. The monoisotopic (exact) mass is 872 g/mol.